The molecule has 7 unspecified atom stereocenters. The normalized spacial score (nSPS) is 50.1. The van der Waals surface area contributed by atoms with Gasteiger partial charge in [0.25, 0.3) is 0 Å². The summed E-state index contributed by atoms with van der Waals surface area (Å²) in [5, 5.41) is 0. The summed E-state index contributed by atoms with van der Waals surface area (Å²) in [7, 11) is 0. The Morgan fingerprint density at radius 2 is 0.478 bits per heavy atom. The third-order valence-corrected chi connectivity index (χ3v) is 26.5. The molecule has 0 heteroatoms. The van der Waals surface area contributed by atoms with Crippen molar-refractivity contribution in [2.45, 2.75) is 287 Å². The van der Waals surface area contributed by atoms with Crippen molar-refractivity contribution >= 4 is 0 Å². The first-order valence-corrected chi connectivity index (χ1v) is 33.3. The molecule has 22 aliphatic carbocycles. The molecule has 22 saturated carbocycles. The fourth-order valence-electron chi connectivity index (χ4n) is 20.4. The van der Waals surface area contributed by atoms with E-state index in [1.54, 1.807) is 167 Å². The number of hydrogen-bond acceptors (Lipinski definition) is 0. The van der Waals surface area contributed by atoms with Gasteiger partial charge in [-0.2, -0.15) is 0 Å². The van der Waals surface area contributed by atoms with E-state index in [4.69, 9.17) is 0 Å². The van der Waals surface area contributed by atoms with Gasteiger partial charge in [-0.15, -0.1) is 0 Å². The minimum atomic E-state index is 1.04. The van der Waals surface area contributed by atoms with Gasteiger partial charge < -0.3 is 0 Å². The minimum absolute atomic E-state index is 1.04. The predicted octanol–water partition coefficient (Wildman–Crippen LogP) is 21.3. The first kappa shape index (κ1) is 53.8. The molecule has 0 aromatic carbocycles. The lowest BCUT2D eigenvalue weighted by atomic mass is 9.49. The second kappa shape index (κ2) is 25.2. The maximum absolute atomic E-state index is 2.51. The number of fused-ring (bicyclic) bond motifs is 9. The topological polar surface area (TPSA) is 0 Å². The summed E-state index contributed by atoms with van der Waals surface area (Å²) >= 11 is 0. The lowest BCUT2D eigenvalue weighted by molar-refractivity contribution is -0.0673. The molecule has 398 valence electrons. The molecule has 16 bridgehead atoms. The van der Waals surface area contributed by atoms with Crippen LogP contribution in [0.4, 0.5) is 0 Å². The van der Waals surface area contributed by atoms with Crippen LogP contribution in [0.15, 0.2) is 0 Å². The van der Waals surface area contributed by atoms with E-state index in [0.717, 1.165) is 130 Å². The van der Waals surface area contributed by atoms with Gasteiger partial charge in [0, 0.05) is 0 Å². The quantitative estimate of drug-likeness (QED) is 0.227. The lowest BCUT2D eigenvalue weighted by Crippen LogP contribution is -2.48. The van der Waals surface area contributed by atoms with Crippen molar-refractivity contribution in [2.75, 3.05) is 0 Å². The van der Waals surface area contributed by atoms with Gasteiger partial charge in [0.15, 0.2) is 0 Å². The highest BCUT2D eigenvalue weighted by Gasteiger charge is 2.49. The molecule has 0 spiro atoms. The van der Waals surface area contributed by atoms with Crippen LogP contribution in [-0.2, 0) is 0 Å². The largest absolute Gasteiger partial charge is 0.0625 e. The highest BCUT2D eigenvalue weighted by atomic mass is 14.5. The van der Waals surface area contributed by atoms with E-state index in [1.807, 2.05) is 0 Å². The van der Waals surface area contributed by atoms with Gasteiger partial charge in [0.05, 0.1) is 0 Å². The van der Waals surface area contributed by atoms with E-state index in [2.05, 4.69) is 62.3 Å². The zero-order valence-electron chi connectivity index (χ0n) is 48.2. The van der Waals surface area contributed by atoms with Crippen LogP contribution in [0.25, 0.3) is 0 Å². The van der Waals surface area contributed by atoms with Crippen molar-refractivity contribution in [1.29, 1.82) is 0 Å². The predicted molar refractivity (Wildman–Crippen MR) is 300 cm³/mol. The van der Waals surface area contributed by atoms with E-state index in [1.165, 1.54) is 75.5 Å². The third-order valence-electron chi connectivity index (χ3n) is 26.5. The van der Waals surface area contributed by atoms with Crippen molar-refractivity contribution in [3.8, 4) is 0 Å². The van der Waals surface area contributed by atoms with Crippen molar-refractivity contribution in [3.05, 3.63) is 0 Å². The summed E-state index contributed by atoms with van der Waals surface area (Å²) in [5.74, 6) is 28.2. The van der Waals surface area contributed by atoms with Crippen LogP contribution in [-0.4, -0.2) is 0 Å². The summed E-state index contributed by atoms with van der Waals surface area (Å²) in [6.07, 6.45) is 54.0. The van der Waals surface area contributed by atoms with Gasteiger partial charge in [-0.05, 0) is 296 Å². The zero-order chi connectivity index (χ0) is 48.2. The molecule has 0 radical (unpaired) electrons. The molecule has 69 heavy (non-hydrogen) atoms. The molecule has 0 amide bonds. The number of rotatable bonds is 0. The van der Waals surface area contributed by atoms with E-state index in [-0.39, 0.29) is 0 Å². The molecule has 0 heterocycles. The molecule has 22 fully saturated rings. The Morgan fingerprint density at radius 1 is 0.174 bits per heavy atom. The van der Waals surface area contributed by atoms with Gasteiger partial charge in [-0.1, -0.05) is 139 Å². The maximum Gasteiger partial charge on any atom is -0.0380 e. The molecular formula is C69H122. The van der Waals surface area contributed by atoms with E-state index < -0.39 is 0 Å². The fourth-order valence-corrected chi connectivity index (χ4v) is 20.4. The Balaban J connectivity index is 0.0000000973. The average Bonchev–Trinajstić information content (AvgIpc) is 4.20. The van der Waals surface area contributed by atoms with Gasteiger partial charge in [-0.25, -0.2) is 0 Å². The van der Waals surface area contributed by atoms with Gasteiger partial charge in [-0.3, -0.25) is 0 Å². The van der Waals surface area contributed by atoms with Crippen LogP contribution >= 0.6 is 0 Å². The van der Waals surface area contributed by atoms with Crippen LogP contribution in [0.2, 0.25) is 0 Å². The Bertz CT molecular complexity index is 1370. The molecule has 0 aromatic heterocycles. The van der Waals surface area contributed by atoms with Crippen molar-refractivity contribution < 1.29 is 0 Å². The highest BCUT2D eigenvalue weighted by Crippen LogP contribution is 2.59. The van der Waals surface area contributed by atoms with Crippen LogP contribution in [0, 0.1) is 148 Å². The molecule has 0 saturated heterocycles. The van der Waals surface area contributed by atoms with Gasteiger partial charge in [0.1, 0.15) is 0 Å². The maximum atomic E-state index is 2.51. The van der Waals surface area contributed by atoms with Crippen molar-refractivity contribution in [2.24, 2.45) is 148 Å². The first-order valence-electron chi connectivity index (χ1n) is 33.3. The summed E-state index contributed by atoms with van der Waals surface area (Å²) in [5.41, 5.74) is 0. The van der Waals surface area contributed by atoms with Crippen molar-refractivity contribution in [3.63, 3.8) is 0 Å². The Labute approximate surface area is 433 Å². The minimum Gasteiger partial charge on any atom is -0.0625 e. The first-order chi connectivity index (χ1) is 33.3. The van der Waals surface area contributed by atoms with Gasteiger partial charge >= 0.3 is 0 Å². The smallest absolute Gasteiger partial charge is 0.0380 e. The molecule has 0 aliphatic heterocycles. The van der Waals surface area contributed by atoms with Crippen LogP contribution < -0.4 is 0 Å². The van der Waals surface area contributed by atoms with Crippen LogP contribution in [0.1, 0.15) is 287 Å². The van der Waals surface area contributed by atoms with Crippen molar-refractivity contribution in [1.82, 2.24) is 0 Å². The molecule has 22 aliphatic rings. The molecule has 7 atom stereocenters. The lowest BCUT2D eigenvalue weighted by Gasteiger charge is -2.56. The standard InChI is InChI=1S/C11H18.C9H16.2C8H14.2C7H12.C7H14.C6H10.C6H12/c1-7-10-3-8-2-9(5-10)6-11(7)4-8;1-7-6-8-2-4-9(7)5-3-8;1-6-4-7-2-3-8(6)5-7;1-6-7-2-3-8(6)5-4-7;1-5-2-6-3-7(5)4-6;1-5-6-2-3-7(5)4-6;1-7-5-3-2-4-6-7;1-4-5-2-6(4)3-5;1-6-4-2-3-5-6/h7-11H,2-6H2,1H3;7-9H,2-6H2,1H3;2*6-8H,2-5H2,1H3;2*5-7H,2-4H2,1H3;7H,2-6H2,1H3;4-6H,2-3H2,1H3;6H,2-5H2,1H3. The molecule has 0 aromatic rings. The molecule has 22 rings (SSSR count). The molecular weight excluding hydrogens is 829 g/mol. The summed E-state index contributed by atoms with van der Waals surface area (Å²) in [4.78, 5) is 0. The fraction of sp³-hybridized carbons (Fsp3) is 1.00. The van der Waals surface area contributed by atoms with Crippen LogP contribution in [0.5, 0.6) is 0 Å². The Kier molecular flexibility index (Phi) is 19.7. The summed E-state index contributed by atoms with van der Waals surface area (Å²) in [6.45, 7) is 21.7. The average molecular weight is 952 g/mol. The number of hydrogen-bond donors (Lipinski definition) is 0. The second-order valence-corrected chi connectivity index (χ2v) is 31.0. The third kappa shape index (κ3) is 14.1. The monoisotopic (exact) mass is 951 g/mol. The molecule has 0 N–H and O–H groups in total. The zero-order valence-corrected chi connectivity index (χ0v) is 48.2. The Morgan fingerprint density at radius 3 is 0.681 bits per heavy atom. The highest BCUT2D eigenvalue weighted by molar-refractivity contribution is 4.99. The summed E-state index contributed by atoms with van der Waals surface area (Å²) < 4.78 is 0. The van der Waals surface area contributed by atoms with E-state index >= 15 is 0 Å². The van der Waals surface area contributed by atoms with Crippen LogP contribution in [0.3, 0.4) is 0 Å². The van der Waals surface area contributed by atoms with E-state index in [0.29, 0.717) is 0 Å². The van der Waals surface area contributed by atoms with Gasteiger partial charge in [0.2, 0.25) is 0 Å². The van der Waals surface area contributed by atoms with E-state index in [9.17, 15) is 0 Å². The summed E-state index contributed by atoms with van der Waals surface area (Å²) in [6, 6.07) is 0. The Hall–Kier alpha value is 0. The molecule has 0 nitrogen and oxygen atoms in total. The second-order valence-electron chi connectivity index (χ2n) is 31.0. The SMILES string of the molecule is CC1C2CC1C2.CC1C2CC3CC(C2)CC1C3.CC1C2CCC1C2.CC1C2CCC1CC2.CC1CC2CC1C2.CC1CC2CCC1C2.CC1CC2CCC1CC2.CC1CCCC1.CC1CCCCC1.